The van der Waals surface area contributed by atoms with Crippen molar-refractivity contribution in [2.45, 2.75) is 38.4 Å². The Kier molecular flexibility index (Phi) is 6.22. The van der Waals surface area contributed by atoms with E-state index >= 15 is 0 Å². The highest BCUT2D eigenvalue weighted by atomic mass is 19.3. The highest BCUT2D eigenvalue weighted by Gasteiger charge is 2.43. The van der Waals surface area contributed by atoms with Crippen molar-refractivity contribution in [2.24, 2.45) is 0 Å². The molecule has 0 saturated carbocycles. The third-order valence-corrected chi connectivity index (χ3v) is 6.84. The maximum Gasteiger partial charge on any atom is 0.262 e. The van der Waals surface area contributed by atoms with Crippen LogP contribution in [0.25, 0.3) is 0 Å². The van der Waals surface area contributed by atoms with Gasteiger partial charge >= 0.3 is 0 Å². The quantitative estimate of drug-likeness (QED) is 0.348. The molecule has 1 atom stereocenters. The smallest absolute Gasteiger partial charge is 0.262 e. The molecule has 3 heterocycles. The normalized spacial score (nSPS) is 19.5. The first kappa shape index (κ1) is 23.9. The monoisotopic (exact) mass is 488 g/mol. The van der Waals surface area contributed by atoms with Gasteiger partial charge in [0.05, 0.1) is 18.1 Å². The number of benzene rings is 2. The number of likely N-dealkylation sites (tertiary alicyclic amines) is 1. The summed E-state index contributed by atoms with van der Waals surface area (Å²) < 4.78 is 29.7. The molecule has 8 heteroatoms. The molecule has 1 unspecified atom stereocenters. The van der Waals surface area contributed by atoms with Crippen LogP contribution in [-0.4, -0.2) is 45.5 Å². The van der Waals surface area contributed by atoms with Crippen molar-refractivity contribution in [1.29, 1.82) is 5.41 Å². The fraction of sp³-hybridized carbons (Fsp3) is 0.286. The number of alkyl halides is 2. The molecule has 3 aromatic rings. The summed E-state index contributed by atoms with van der Waals surface area (Å²) in [6.07, 6.45) is 1.44. The highest BCUT2D eigenvalue weighted by molar-refractivity contribution is 6.14. The molecular formula is C28H30F2N6. The van der Waals surface area contributed by atoms with E-state index in [0.29, 0.717) is 42.4 Å². The molecule has 36 heavy (non-hydrogen) atoms. The van der Waals surface area contributed by atoms with Crippen LogP contribution in [0.1, 0.15) is 34.4 Å². The van der Waals surface area contributed by atoms with E-state index in [4.69, 9.17) is 11.1 Å². The number of pyridine rings is 1. The van der Waals surface area contributed by atoms with Gasteiger partial charge in [-0.15, -0.1) is 0 Å². The number of piperidine rings is 1. The molecule has 0 bridgehead atoms. The van der Waals surface area contributed by atoms with Gasteiger partial charge in [0.2, 0.25) is 0 Å². The maximum atomic E-state index is 14.9. The van der Waals surface area contributed by atoms with E-state index in [9.17, 15) is 8.78 Å². The Morgan fingerprint density at radius 2 is 2.00 bits per heavy atom. The molecule has 2 aliphatic heterocycles. The number of rotatable bonds is 5. The summed E-state index contributed by atoms with van der Waals surface area (Å²) in [7, 11) is 0. The highest BCUT2D eigenvalue weighted by Crippen LogP contribution is 2.37. The van der Waals surface area contributed by atoms with Crippen molar-refractivity contribution in [3.8, 4) is 0 Å². The minimum atomic E-state index is -2.80. The van der Waals surface area contributed by atoms with Gasteiger partial charge in [-0.3, -0.25) is 15.3 Å². The molecule has 2 aliphatic rings. The summed E-state index contributed by atoms with van der Waals surface area (Å²) in [4.78, 5) is 7.95. The van der Waals surface area contributed by atoms with E-state index in [0.717, 1.165) is 28.1 Å². The molecule has 1 saturated heterocycles. The van der Waals surface area contributed by atoms with E-state index in [2.05, 4.69) is 16.9 Å². The van der Waals surface area contributed by atoms with E-state index < -0.39 is 12.0 Å². The first-order valence-electron chi connectivity index (χ1n) is 12.0. The second-order valence-corrected chi connectivity index (χ2v) is 9.73. The van der Waals surface area contributed by atoms with Crippen LogP contribution in [0, 0.1) is 12.3 Å². The molecule has 1 aromatic heterocycles. The van der Waals surface area contributed by atoms with Gasteiger partial charge in [0.1, 0.15) is 0 Å². The van der Waals surface area contributed by atoms with Gasteiger partial charge in [0, 0.05) is 66.5 Å². The number of nitrogen functional groups attached to an aromatic ring is 1. The predicted octanol–water partition coefficient (Wildman–Crippen LogP) is 5.00. The third kappa shape index (κ3) is 4.95. The zero-order valence-corrected chi connectivity index (χ0v) is 20.3. The van der Waals surface area contributed by atoms with Gasteiger partial charge in [-0.1, -0.05) is 36.9 Å². The Bertz CT molecular complexity index is 1310. The summed E-state index contributed by atoms with van der Waals surface area (Å²) in [5.41, 5.74) is 11.9. The van der Waals surface area contributed by atoms with Crippen LogP contribution in [0.4, 0.5) is 20.2 Å². The zero-order chi connectivity index (χ0) is 25.4. The molecule has 1 fully saturated rings. The summed E-state index contributed by atoms with van der Waals surface area (Å²) in [5.74, 6) is -2.22. The van der Waals surface area contributed by atoms with Crippen LogP contribution >= 0.6 is 0 Å². The second-order valence-electron chi connectivity index (χ2n) is 9.73. The van der Waals surface area contributed by atoms with Gasteiger partial charge in [-0.05, 0) is 42.3 Å². The van der Waals surface area contributed by atoms with Crippen molar-refractivity contribution in [3.63, 3.8) is 0 Å². The van der Waals surface area contributed by atoms with Crippen molar-refractivity contribution < 1.29 is 8.78 Å². The molecule has 0 radical (unpaired) electrons. The molecule has 0 amide bonds. The number of nitrogens with two attached hydrogens (primary N) is 1. The van der Waals surface area contributed by atoms with E-state index in [1.165, 1.54) is 0 Å². The van der Waals surface area contributed by atoms with Crippen LogP contribution < -0.4 is 11.1 Å². The summed E-state index contributed by atoms with van der Waals surface area (Å²) in [6, 6.07) is 16.6. The number of hydrogen-bond acceptors (Lipinski definition) is 6. The molecule has 0 spiro atoms. The topological polar surface area (TPSA) is 81.3 Å². The molecule has 6 nitrogen and oxygen atoms in total. The van der Waals surface area contributed by atoms with E-state index in [1.807, 2.05) is 59.2 Å². The first-order valence-corrected chi connectivity index (χ1v) is 12.0. The van der Waals surface area contributed by atoms with Crippen molar-refractivity contribution in [1.82, 2.24) is 14.8 Å². The number of aryl methyl sites for hydroxylation is 1. The van der Waals surface area contributed by atoms with Crippen molar-refractivity contribution in [3.05, 3.63) is 101 Å². The lowest BCUT2D eigenvalue weighted by Gasteiger charge is -2.46. The van der Waals surface area contributed by atoms with Crippen LogP contribution in [0.15, 0.2) is 73.2 Å². The third-order valence-electron chi connectivity index (χ3n) is 6.84. The van der Waals surface area contributed by atoms with Gasteiger partial charge < -0.3 is 16.0 Å². The van der Waals surface area contributed by atoms with Gasteiger partial charge in [-0.2, -0.15) is 0 Å². The standard InChI is InChI=1S/C28H30F2N6/c1-18-10-21(8-9-33-18)27(32)24-11-22-15-36(19(2)34-26(22)12-25(24)31)23-13-28(29,30)17-35(16-23)14-20-6-4-3-5-7-20/h3-12,23,32,34H,2,13-17,31H2,1H3. The SMILES string of the molecule is C=C1Nc2cc(N)c(C(=N)c3ccnc(C)c3)cc2CN1C1CN(Cc2ccccc2)CC(F)(F)C1. The Hall–Kier alpha value is -3.78. The van der Waals surface area contributed by atoms with E-state index in [1.54, 1.807) is 18.3 Å². The number of nitrogens with one attached hydrogen (secondary N) is 2. The Labute approximate surface area is 210 Å². The molecule has 0 aliphatic carbocycles. The Morgan fingerprint density at radius 3 is 2.75 bits per heavy atom. The van der Waals surface area contributed by atoms with Crippen LogP contribution in [0.3, 0.4) is 0 Å². The number of halogens is 2. The zero-order valence-electron chi connectivity index (χ0n) is 20.3. The summed E-state index contributed by atoms with van der Waals surface area (Å²) >= 11 is 0. The second kappa shape index (κ2) is 9.35. The fourth-order valence-corrected chi connectivity index (χ4v) is 5.17. The lowest BCUT2D eigenvalue weighted by atomic mass is 9.95. The number of nitrogens with zero attached hydrogens (tertiary/aromatic N) is 3. The average molecular weight is 489 g/mol. The molecule has 186 valence electrons. The average Bonchev–Trinajstić information content (AvgIpc) is 2.82. The lowest BCUT2D eigenvalue weighted by Crippen LogP contribution is -2.55. The van der Waals surface area contributed by atoms with Crippen LogP contribution in [0.5, 0.6) is 0 Å². The number of aromatic nitrogens is 1. The molecular weight excluding hydrogens is 458 g/mol. The lowest BCUT2D eigenvalue weighted by molar-refractivity contribution is -0.0933. The maximum absolute atomic E-state index is 14.9. The number of fused-ring (bicyclic) bond motifs is 1. The summed E-state index contributed by atoms with van der Waals surface area (Å²) in [6.45, 7) is 7.15. The van der Waals surface area contributed by atoms with Gasteiger partial charge in [0.15, 0.2) is 0 Å². The molecule has 4 N–H and O–H groups in total. The number of hydrogen-bond donors (Lipinski definition) is 3. The summed E-state index contributed by atoms with van der Waals surface area (Å²) in [5, 5.41) is 12.0. The van der Waals surface area contributed by atoms with Gasteiger partial charge in [-0.25, -0.2) is 8.78 Å². The minimum absolute atomic E-state index is 0.234. The van der Waals surface area contributed by atoms with Gasteiger partial charge in [0.25, 0.3) is 5.92 Å². The molecule has 2 aromatic carbocycles. The van der Waals surface area contributed by atoms with Crippen molar-refractivity contribution in [2.75, 3.05) is 24.1 Å². The molecule has 5 rings (SSSR count). The van der Waals surface area contributed by atoms with Crippen LogP contribution in [0.2, 0.25) is 0 Å². The fourth-order valence-electron chi connectivity index (χ4n) is 5.17. The first-order chi connectivity index (χ1) is 17.2. The van der Waals surface area contributed by atoms with Crippen LogP contribution in [-0.2, 0) is 13.1 Å². The predicted molar refractivity (Wildman–Crippen MR) is 139 cm³/mol. The Morgan fingerprint density at radius 1 is 1.22 bits per heavy atom. The van der Waals surface area contributed by atoms with Crippen molar-refractivity contribution >= 4 is 17.1 Å². The minimum Gasteiger partial charge on any atom is -0.398 e. The number of anilines is 2. The Balaban J connectivity index is 1.40. The van der Waals surface area contributed by atoms with E-state index in [-0.39, 0.29) is 13.0 Å². The largest absolute Gasteiger partial charge is 0.398 e.